The number of carbonyl (C=O) groups is 1. The summed E-state index contributed by atoms with van der Waals surface area (Å²) in [7, 11) is 0. The highest BCUT2D eigenvalue weighted by molar-refractivity contribution is 7.99. The third kappa shape index (κ3) is 4.65. The van der Waals surface area contributed by atoms with Crippen molar-refractivity contribution in [3.63, 3.8) is 0 Å². The first-order valence-electron chi connectivity index (χ1n) is 6.16. The molecule has 1 amide bonds. The van der Waals surface area contributed by atoms with Crippen LogP contribution in [-0.2, 0) is 11.2 Å². The molecule has 0 fully saturated rings. The molecular formula is C13H15FN4OS. The van der Waals surface area contributed by atoms with E-state index in [9.17, 15) is 9.18 Å². The number of H-pyrrole nitrogens is 1. The number of aromatic nitrogens is 3. The molecule has 106 valence electrons. The van der Waals surface area contributed by atoms with Crippen molar-refractivity contribution in [2.45, 2.75) is 18.5 Å². The second-order valence-corrected chi connectivity index (χ2v) is 5.16. The van der Waals surface area contributed by atoms with Gasteiger partial charge in [-0.3, -0.25) is 9.89 Å². The van der Waals surface area contributed by atoms with E-state index in [1.54, 1.807) is 19.1 Å². The van der Waals surface area contributed by atoms with Crippen LogP contribution in [0.3, 0.4) is 0 Å². The quantitative estimate of drug-likeness (QED) is 0.796. The van der Waals surface area contributed by atoms with Gasteiger partial charge in [0.15, 0.2) is 0 Å². The van der Waals surface area contributed by atoms with E-state index >= 15 is 0 Å². The molecule has 0 aliphatic carbocycles. The first-order chi connectivity index (χ1) is 9.63. The van der Waals surface area contributed by atoms with Gasteiger partial charge in [-0.15, -0.1) is 5.10 Å². The van der Waals surface area contributed by atoms with Crippen molar-refractivity contribution in [1.29, 1.82) is 0 Å². The predicted molar refractivity (Wildman–Crippen MR) is 75.0 cm³/mol. The Morgan fingerprint density at radius 3 is 2.80 bits per heavy atom. The predicted octanol–water partition coefficient (Wildman–Crippen LogP) is 1.70. The van der Waals surface area contributed by atoms with Gasteiger partial charge in [-0.25, -0.2) is 9.37 Å². The monoisotopic (exact) mass is 294 g/mol. The third-order valence-electron chi connectivity index (χ3n) is 2.56. The average molecular weight is 294 g/mol. The van der Waals surface area contributed by atoms with Gasteiger partial charge in [0.25, 0.3) is 0 Å². The maximum atomic E-state index is 12.7. The molecule has 20 heavy (non-hydrogen) atoms. The van der Waals surface area contributed by atoms with Crippen LogP contribution in [0.15, 0.2) is 29.4 Å². The molecule has 2 N–H and O–H groups in total. The number of nitrogens with zero attached hydrogens (tertiary/aromatic N) is 2. The number of aromatic amines is 1. The van der Waals surface area contributed by atoms with Crippen molar-refractivity contribution in [2.24, 2.45) is 0 Å². The van der Waals surface area contributed by atoms with Crippen LogP contribution in [0.1, 0.15) is 11.4 Å². The zero-order valence-electron chi connectivity index (χ0n) is 11.0. The summed E-state index contributed by atoms with van der Waals surface area (Å²) in [5, 5.41) is 10.0. The Labute approximate surface area is 120 Å². The molecule has 0 spiro atoms. The topological polar surface area (TPSA) is 70.7 Å². The number of halogens is 1. The SMILES string of the molecule is Cc1nc(SCC(=O)NCCc2ccc(F)cc2)n[nH]1. The van der Waals surface area contributed by atoms with E-state index in [0.29, 0.717) is 18.1 Å². The standard InChI is InChI=1S/C13H15FN4OS/c1-9-16-13(18-17-9)20-8-12(19)15-7-6-10-2-4-11(14)5-3-10/h2-5H,6-8H2,1H3,(H,15,19)(H,16,17,18). The van der Waals surface area contributed by atoms with Crippen LogP contribution in [-0.4, -0.2) is 33.4 Å². The van der Waals surface area contributed by atoms with Crippen LogP contribution in [0.4, 0.5) is 4.39 Å². The fourth-order valence-corrected chi connectivity index (χ4v) is 2.24. The van der Waals surface area contributed by atoms with Crippen molar-refractivity contribution in [3.05, 3.63) is 41.5 Å². The number of rotatable bonds is 6. The Balaban J connectivity index is 1.66. The van der Waals surface area contributed by atoms with Gasteiger partial charge in [0.1, 0.15) is 11.6 Å². The van der Waals surface area contributed by atoms with Crippen LogP contribution in [0.25, 0.3) is 0 Å². The lowest BCUT2D eigenvalue weighted by atomic mass is 10.1. The molecule has 0 aliphatic heterocycles. The lowest BCUT2D eigenvalue weighted by Crippen LogP contribution is -2.27. The summed E-state index contributed by atoms with van der Waals surface area (Å²) < 4.78 is 12.7. The van der Waals surface area contributed by atoms with E-state index in [0.717, 1.165) is 11.4 Å². The Bertz CT molecular complexity index is 570. The van der Waals surface area contributed by atoms with E-state index in [4.69, 9.17) is 0 Å². The van der Waals surface area contributed by atoms with Gasteiger partial charge in [0.05, 0.1) is 5.75 Å². The number of aryl methyl sites for hydroxylation is 1. The van der Waals surface area contributed by atoms with Gasteiger partial charge in [-0.1, -0.05) is 23.9 Å². The number of hydrogen-bond acceptors (Lipinski definition) is 4. The molecule has 0 bridgehead atoms. The molecule has 0 unspecified atom stereocenters. The lowest BCUT2D eigenvalue weighted by molar-refractivity contribution is -0.118. The fourth-order valence-electron chi connectivity index (χ4n) is 1.57. The molecule has 0 aliphatic rings. The average Bonchev–Trinajstić information content (AvgIpc) is 2.85. The maximum Gasteiger partial charge on any atom is 0.230 e. The second-order valence-electron chi connectivity index (χ2n) is 4.22. The normalized spacial score (nSPS) is 10.5. The van der Waals surface area contributed by atoms with Crippen molar-refractivity contribution in [1.82, 2.24) is 20.5 Å². The van der Waals surface area contributed by atoms with Gasteiger partial charge in [0.2, 0.25) is 11.1 Å². The van der Waals surface area contributed by atoms with Crippen molar-refractivity contribution < 1.29 is 9.18 Å². The van der Waals surface area contributed by atoms with Crippen LogP contribution < -0.4 is 5.32 Å². The Kier molecular flexibility index (Phi) is 5.11. The molecule has 0 saturated carbocycles. The lowest BCUT2D eigenvalue weighted by Gasteiger charge is -2.04. The summed E-state index contributed by atoms with van der Waals surface area (Å²) in [5.41, 5.74) is 0.990. The first-order valence-corrected chi connectivity index (χ1v) is 7.15. The van der Waals surface area contributed by atoms with E-state index in [2.05, 4.69) is 20.5 Å². The van der Waals surface area contributed by atoms with E-state index < -0.39 is 0 Å². The smallest absolute Gasteiger partial charge is 0.230 e. The molecule has 0 atom stereocenters. The summed E-state index contributed by atoms with van der Waals surface area (Å²) in [5.74, 6) is 0.681. The van der Waals surface area contributed by atoms with Gasteiger partial charge < -0.3 is 5.32 Å². The maximum absolute atomic E-state index is 12.7. The highest BCUT2D eigenvalue weighted by Crippen LogP contribution is 2.11. The molecular weight excluding hydrogens is 279 g/mol. The molecule has 2 rings (SSSR count). The molecule has 0 radical (unpaired) electrons. The van der Waals surface area contributed by atoms with Crippen LogP contribution in [0.5, 0.6) is 0 Å². The Morgan fingerprint density at radius 2 is 2.15 bits per heavy atom. The zero-order chi connectivity index (χ0) is 14.4. The zero-order valence-corrected chi connectivity index (χ0v) is 11.8. The molecule has 1 aromatic heterocycles. The van der Waals surface area contributed by atoms with E-state index in [1.165, 1.54) is 23.9 Å². The number of benzene rings is 1. The van der Waals surface area contributed by atoms with Crippen molar-refractivity contribution in [2.75, 3.05) is 12.3 Å². The Hall–Kier alpha value is -1.89. The summed E-state index contributed by atoms with van der Waals surface area (Å²) in [6.45, 7) is 2.33. The van der Waals surface area contributed by atoms with Gasteiger partial charge in [0, 0.05) is 6.54 Å². The molecule has 7 heteroatoms. The highest BCUT2D eigenvalue weighted by Gasteiger charge is 2.05. The molecule has 0 saturated heterocycles. The van der Waals surface area contributed by atoms with Crippen LogP contribution in [0, 0.1) is 12.7 Å². The minimum absolute atomic E-state index is 0.0698. The summed E-state index contributed by atoms with van der Waals surface area (Å²) in [6, 6.07) is 6.26. The van der Waals surface area contributed by atoms with Gasteiger partial charge >= 0.3 is 0 Å². The molecule has 2 aromatic rings. The number of amides is 1. The van der Waals surface area contributed by atoms with E-state index in [-0.39, 0.29) is 17.5 Å². The first kappa shape index (κ1) is 14.5. The van der Waals surface area contributed by atoms with Crippen molar-refractivity contribution >= 4 is 17.7 Å². The van der Waals surface area contributed by atoms with E-state index in [1.807, 2.05) is 0 Å². The molecule has 1 aromatic carbocycles. The largest absolute Gasteiger partial charge is 0.355 e. The number of thioether (sulfide) groups is 1. The minimum Gasteiger partial charge on any atom is -0.355 e. The Morgan fingerprint density at radius 1 is 1.40 bits per heavy atom. The van der Waals surface area contributed by atoms with Gasteiger partial charge in [-0.05, 0) is 31.0 Å². The summed E-state index contributed by atoms with van der Waals surface area (Å²) in [4.78, 5) is 15.7. The highest BCUT2D eigenvalue weighted by atomic mass is 32.2. The summed E-state index contributed by atoms with van der Waals surface area (Å²) >= 11 is 1.28. The van der Waals surface area contributed by atoms with Gasteiger partial charge in [-0.2, -0.15) is 0 Å². The minimum atomic E-state index is -0.254. The third-order valence-corrected chi connectivity index (χ3v) is 3.41. The summed E-state index contributed by atoms with van der Waals surface area (Å²) in [6.07, 6.45) is 0.677. The number of hydrogen-bond donors (Lipinski definition) is 2. The fraction of sp³-hybridized carbons (Fsp3) is 0.308. The second kappa shape index (κ2) is 7.04. The molecule has 1 heterocycles. The number of carbonyl (C=O) groups excluding carboxylic acids is 1. The van der Waals surface area contributed by atoms with Crippen LogP contribution in [0.2, 0.25) is 0 Å². The molecule has 5 nitrogen and oxygen atoms in total. The number of nitrogens with one attached hydrogen (secondary N) is 2. The van der Waals surface area contributed by atoms with Crippen molar-refractivity contribution in [3.8, 4) is 0 Å². The van der Waals surface area contributed by atoms with Crippen LogP contribution >= 0.6 is 11.8 Å².